The van der Waals surface area contributed by atoms with E-state index >= 15 is 0 Å². The van der Waals surface area contributed by atoms with Crippen molar-refractivity contribution in [3.8, 4) is 0 Å². The van der Waals surface area contributed by atoms with Crippen molar-refractivity contribution >= 4 is 5.91 Å². The highest BCUT2D eigenvalue weighted by Gasteiger charge is 2.45. The monoisotopic (exact) mass is 209 g/mol. The zero-order valence-electron chi connectivity index (χ0n) is 9.11. The van der Waals surface area contributed by atoms with Crippen LogP contribution in [0.3, 0.4) is 0 Å². The SMILES string of the molecule is C=CC1CC(=O)N(C2(CO)CCCC2)C1. The van der Waals surface area contributed by atoms with E-state index in [2.05, 4.69) is 6.58 Å². The van der Waals surface area contributed by atoms with E-state index in [9.17, 15) is 9.90 Å². The van der Waals surface area contributed by atoms with Crippen molar-refractivity contribution in [1.29, 1.82) is 0 Å². The van der Waals surface area contributed by atoms with Crippen LogP contribution < -0.4 is 0 Å². The Morgan fingerprint density at radius 1 is 1.53 bits per heavy atom. The minimum atomic E-state index is -0.241. The molecule has 1 heterocycles. The zero-order valence-corrected chi connectivity index (χ0v) is 9.11. The van der Waals surface area contributed by atoms with Gasteiger partial charge in [0.05, 0.1) is 12.1 Å². The first-order chi connectivity index (χ1) is 7.22. The fourth-order valence-corrected chi connectivity index (χ4v) is 2.90. The molecule has 84 valence electrons. The van der Waals surface area contributed by atoms with Crippen LogP contribution in [-0.4, -0.2) is 34.6 Å². The molecule has 0 aromatic heterocycles. The first kappa shape index (κ1) is 10.7. The first-order valence-corrected chi connectivity index (χ1v) is 5.76. The summed E-state index contributed by atoms with van der Waals surface area (Å²) < 4.78 is 0. The molecule has 0 bridgehead atoms. The van der Waals surface area contributed by atoms with Crippen molar-refractivity contribution in [2.75, 3.05) is 13.2 Å². The number of aliphatic hydroxyl groups excluding tert-OH is 1. The molecule has 1 atom stereocenters. The number of amides is 1. The standard InChI is InChI=1S/C12H19NO2/c1-2-10-7-11(15)13(8-10)12(9-14)5-3-4-6-12/h2,10,14H,1,3-9H2. The minimum Gasteiger partial charge on any atom is -0.394 e. The van der Waals surface area contributed by atoms with Gasteiger partial charge in [-0.1, -0.05) is 18.9 Å². The summed E-state index contributed by atoms with van der Waals surface area (Å²) in [5.74, 6) is 0.470. The van der Waals surface area contributed by atoms with E-state index in [1.54, 1.807) is 0 Å². The van der Waals surface area contributed by atoms with Crippen molar-refractivity contribution in [3.05, 3.63) is 12.7 Å². The third-order valence-corrected chi connectivity index (χ3v) is 3.89. The van der Waals surface area contributed by atoms with Crippen LogP contribution in [0.1, 0.15) is 32.1 Å². The average molecular weight is 209 g/mol. The first-order valence-electron chi connectivity index (χ1n) is 5.76. The van der Waals surface area contributed by atoms with Crippen molar-refractivity contribution in [2.45, 2.75) is 37.6 Å². The van der Waals surface area contributed by atoms with Crippen LogP contribution in [0.15, 0.2) is 12.7 Å². The molecule has 0 spiro atoms. The molecule has 2 rings (SSSR count). The Morgan fingerprint density at radius 2 is 2.20 bits per heavy atom. The molecule has 1 saturated carbocycles. The summed E-state index contributed by atoms with van der Waals surface area (Å²) in [5, 5.41) is 9.53. The van der Waals surface area contributed by atoms with E-state index in [1.807, 2.05) is 11.0 Å². The van der Waals surface area contributed by atoms with E-state index in [1.165, 1.54) is 0 Å². The van der Waals surface area contributed by atoms with E-state index in [0.29, 0.717) is 6.42 Å². The van der Waals surface area contributed by atoms with Crippen molar-refractivity contribution in [3.63, 3.8) is 0 Å². The van der Waals surface area contributed by atoms with Crippen LogP contribution in [0.5, 0.6) is 0 Å². The summed E-state index contributed by atoms with van der Waals surface area (Å²) in [7, 11) is 0. The lowest BCUT2D eigenvalue weighted by molar-refractivity contribution is -0.134. The molecule has 0 aromatic rings. The molecule has 2 fully saturated rings. The number of rotatable bonds is 3. The van der Waals surface area contributed by atoms with Gasteiger partial charge < -0.3 is 10.0 Å². The van der Waals surface area contributed by atoms with Gasteiger partial charge in [0.2, 0.25) is 5.91 Å². The average Bonchev–Trinajstić information content (AvgIpc) is 2.84. The van der Waals surface area contributed by atoms with Gasteiger partial charge in [0.25, 0.3) is 0 Å². The number of carbonyl (C=O) groups excluding carboxylic acids is 1. The maximum atomic E-state index is 11.9. The van der Waals surface area contributed by atoms with Crippen molar-refractivity contribution < 1.29 is 9.90 Å². The van der Waals surface area contributed by atoms with Crippen LogP contribution in [0.4, 0.5) is 0 Å². The second kappa shape index (κ2) is 3.97. The molecule has 2 aliphatic rings. The second-order valence-electron chi connectivity index (χ2n) is 4.79. The van der Waals surface area contributed by atoms with E-state index in [-0.39, 0.29) is 24.0 Å². The maximum Gasteiger partial charge on any atom is 0.223 e. The van der Waals surface area contributed by atoms with Crippen LogP contribution >= 0.6 is 0 Å². The number of nitrogens with zero attached hydrogens (tertiary/aromatic N) is 1. The Morgan fingerprint density at radius 3 is 2.67 bits per heavy atom. The fourth-order valence-electron chi connectivity index (χ4n) is 2.90. The molecule has 1 aliphatic heterocycles. The normalized spacial score (nSPS) is 29.8. The molecule has 1 N–H and O–H groups in total. The quantitative estimate of drug-likeness (QED) is 0.712. The lowest BCUT2D eigenvalue weighted by Crippen LogP contribution is -2.50. The van der Waals surface area contributed by atoms with Crippen LogP contribution in [0.25, 0.3) is 0 Å². The van der Waals surface area contributed by atoms with Crippen LogP contribution in [0, 0.1) is 5.92 Å². The maximum absolute atomic E-state index is 11.9. The summed E-state index contributed by atoms with van der Waals surface area (Å²) in [6.45, 7) is 4.61. The Labute approximate surface area is 90.8 Å². The van der Waals surface area contributed by atoms with Gasteiger partial charge in [-0.05, 0) is 12.8 Å². The molecule has 1 aliphatic carbocycles. The van der Waals surface area contributed by atoms with Crippen molar-refractivity contribution in [2.24, 2.45) is 5.92 Å². The third kappa shape index (κ3) is 1.69. The van der Waals surface area contributed by atoms with Crippen LogP contribution in [-0.2, 0) is 4.79 Å². The largest absolute Gasteiger partial charge is 0.394 e. The summed E-state index contributed by atoms with van der Waals surface area (Å²) in [6, 6.07) is 0. The predicted molar refractivity (Wildman–Crippen MR) is 58.3 cm³/mol. The molecule has 3 heteroatoms. The molecule has 1 unspecified atom stereocenters. The van der Waals surface area contributed by atoms with Gasteiger partial charge in [0.1, 0.15) is 0 Å². The zero-order chi connectivity index (χ0) is 10.9. The number of carbonyl (C=O) groups is 1. The lowest BCUT2D eigenvalue weighted by atomic mass is 9.96. The predicted octanol–water partition coefficient (Wildman–Crippen LogP) is 1.33. The summed E-state index contributed by atoms with van der Waals surface area (Å²) >= 11 is 0. The number of hydrogen-bond donors (Lipinski definition) is 1. The van der Waals surface area contributed by atoms with Gasteiger partial charge in [-0.15, -0.1) is 6.58 Å². The third-order valence-electron chi connectivity index (χ3n) is 3.89. The fraction of sp³-hybridized carbons (Fsp3) is 0.750. The Hall–Kier alpha value is -0.830. The Balaban J connectivity index is 2.15. The Bertz CT molecular complexity index is 269. The van der Waals surface area contributed by atoms with Crippen LogP contribution in [0.2, 0.25) is 0 Å². The van der Waals surface area contributed by atoms with Gasteiger partial charge >= 0.3 is 0 Å². The molecule has 3 nitrogen and oxygen atoms in total. The molecule has 0 radical (unpaired) electrons. The van der Waals surface area contributed by atoms with E-state index in [4.69, 9.17) is 0 Å². The molecule has 0 aromatic carbocycles. The van der Waals surface area contributed by atoms with E-state index < -0.39 is 0 Å². The molecule has 15 heavy (non-hydrogen) atoms. The Kier molecular flexibility index (Phi) is 2.83. The summed E-state index contributed by atoms with van der Waals surface area (Å²) in [5.41, 5.74) is -0.241. The second-order valence-corrected chi connectivity index (χ2v) is 4.79. The highest BCUT2D eigenvalue weighted by molar-refractivity contribution is 5.80. The topological polar surface area (TPSA) is 40.5 Å². The van der Waals surface area contributed by atoms with Gasteiger partial charge in [0, 0.05) is 18.9 Å². The van der Waals surface area contributed by atoms with Gasteiger partial charge in [0.15, 0.2) is 0 Å². The molecular weight excluding hydrogens is 190 g/mol. The molecular formula is C12H19NO2. The van der Waals surface area contributed by atoms with Gasteiger partial charge in [-0.25, -0.2) is 0 Å². The summed E-state index contributed by atoms with van der Waals surface area (Å²) in [6.07, 6.45) is 6.60. The number of aliphatic hydroxyl groups is 1. The summed E-state index contributed by atoms with van der Waals surface area (Å²) in [4.78, 5) is 13.8. The minimum absolute atomic E-state index is 0.114. The van der Waals surface area contributed by atoms with Gasteiger partial charge in [-0.3, -0.25) is 4.79 Å². The lowest BCUT2D eigenvalue weighted by Gasteiger charge is -2.37. The smallest absolute Gasteiger partial charge is 0.223 e. The highest BCUT2D eigenvalue weighted by Crippen LogP contribution is 2.38. The highest BCUT2D eigenvalue weighted by atomic mass is 16.3. The van der Waals surface area contributed by atoms with E-state index in [0.717, 1.165) is 32.2 Å². The van der Waals surface area contributed by atoms with Gasteiger partial charge in [-0.2, -0.15) is 0 Å². The molecule has 1 saturated heterocycles. The van der Waals surface area contributed by atoms with Crippen molar-refractivity contribution in [1.82, 2.24) is 4.90 Å². The number of hydrogen-bond acceptors (Lipinski definition) is 2. The molecule has 1 amide bonds. The number of likely N-dealkylation sites (tertiary alicyclic amines) is 1.